The van der Waals surface area contributed by atoms with Gasteiger partial charge in [-0.2, -0.15) is 30.6 Å². The van der Waals surface area contributed by atoms with Gasteiger partial charge in [0.2, 0.25) is 10.0 Å². The van der Waals surface area contributed by atoms with Crippen molar-refractivity contribution in [2.24, 2.45) is 5.73 Å². The van der Waals surface area contributed by atoms with E-state index in [0.717, 1.165) is 6.08 Å². The first-order chi connectivity index (χ1) is 11.7. The molecule has 0 aliphatic carbocycles. The first-order valence-corrected chi connectivity index (χ1v) is 8.84. The van der Waals surface area contributed by atoms with Crippen molar-refractivity contribution >= 4 is 27.2 Å². The predicted octanol–water partition coefficient (Wildman–Crippen LogP) is 3.33. The van der Waals surface area contributed by atoms with Crippen molar-refractivity contribution in [3.8, 4) is 0 Å². The Morgan fingerprint density at radius 2 is 1.77 bits per heavy atom. The molecule has 26 heavy (non-hydrogen) atoms. The van der Waals surface area contributed by atoms with E-state index in [1.54, 1.807) is 0 Å². The van der Waals surface area contributed by atoms with Crippen LogP contribution >= 0.6 is 12.2 Å². The van der Waals surface area contributed by atoms with Crippen molar-refractivity contribution in [1.29, 1.82) is 0 Å². The normalized spacial score (nSPS) is 13.0. The third-order valence-electron chi connectivity index (χ3n) is 3.13. The standard InChI is InChI=1S/C14H14F6N2O2S2/c1-2-5-22(7-12(21)25)26(23,24)8-9-6-10(13(15,16)17)3-4-11(9)14(18,19)20/h2-4,6H,1,5,7-8H2,(H2,21,25). The van der Waals surface area contributed by atoms with Gasteiger partial charge in [0.1, 0.15) is 0 Å². The quantitative estimate of drug-likeness (QED) is 0.418. The zero-order valence-corrected chi connectivity index (χ0v) is 14.7. The lowest BCUT2D eigenvalue weighted by Gasteiger charge is -2.22. The van der Waals surface area contributed by atoms with Crippen LogP contribution in [0.2, 0.25) is 0 Å². The molecule has 0 saturated carbocycles. The summed E-state index contributed by atoms with van der Waals surface area (Å²) in [5.41, 5.74) is 1.37. The molecule has 1 rings (SSSR count). The van der Waals surface area contributed by atoms with Crippen molar-refractivity contribution in [2.45, 2.75) is 18.1 Å². The number of thiocarbonyl (C=S) groups is 1. The van der Waals surface area contributed by atoms with Crippen LogP contribution in [0.25, 0.3) is 0 Å². The summed E-state index contributed by atoms with van der Waals surface area (Å²) in [7, 11) is -4.45. The molecule has 0 aromatic heterocycles. The van der Waals surface area contributed by atoms with E-state index in [1.807, 2.05) is 0 Å². The first-order valence-electron chi connectivity index (χ1n) is 6.83. The molecular formula is C14H14F6N2O2S2. The number of nitrogens with zero attached hydrogens (tertiary/aromatic N) is 1. The maximum atomic E-state index is 13.1. The Bertz CT molecular complexity index is 788. The summed E-state index contributed by atoms with van der Waals surface area (Å²) in [5.74, 6) is -1.30. The number of rotatable bonds is 7. The second-order valence-corrected chi connectivity index (χ2v) is 7.66. The fourth-order valence-electron chi connectivity index (χ4n) is 2.05. The maximum absolute atomic E-state index is 13.1. The molecule has 0 atom stereocenters. The molecule has 0 aliphatic heterocycles. The summed E-state index contributed by atoms with van der Waals surface area (Å²) in [6.45, 7) is 2.51. The zero-order valence-electron chi connectivity index (χ0n) is 13.1. The summed E-state index contributed by atoms with van der Waals surface area (Å²) >= 11 is 4.58. The van der Waals surface area contributed by atoms with Gasteiger partial charge in [-0.15, -0.1) is 6.58 Å². The van der Waals surface area contributed by atoms with E-state index in [4.69, 9.17) is 5.73 Å². The lowest BCUT2D eigenvalue weighted by molar-refractivity contribution is -0.141. The zero-order chi connectivity index (χ0) is 20.3. The number of nitrogens with two attached hydrogens (primary N) is 1. The average Bonchev–Trinajstić information content (AvgIpc) is 2.43. The van der Waals surface area contributed by atoms with Crippen LogP contribution in [0.1, 0.15) is 16.7 Å². The van der Waals surface area contributed by atoms with Gasteiger partial charge in [0.15, 0.2) is 0 Å². The van der Waals surface area contributed by atoms with Crippen LogP contribution in [-0.4, -0.2) is 30.8 Å². The van der Waals surface area contributed by atoms with Crippen LogP contribution in [0.15, 0.2) is 30.9 Å². The van der Waals surface area contributed by atoms with Crippen molar-refractivity contribution in [3.05, 3.63) is 47.5 Å². The Hall–Kier alpha value is -1.66. The number of alkyl halides is 6. The molecule has 4 nitrogen and oxygen atoms in total. The molecule has 1 aromatic carbocycles. The molecule has 1 aromatic rings. The molecule has 0 aliphatic rings. The van der Waals surface area contributed by atoms with Gasteiger partial charge in [0.25, 0.3) is 0 Å². The van der Waals surface area contributed by atoms with E-state index in [-0.39, 0.29) is 29.7 Å². The Morgan fingerprint density at radius 1 is 1.19 bits per heavy atom. The number of benzene rings is 1. The molecule has 12 heteroatoms. The van der Waals surface area contributed by atoms with E-state index in [2.05, 4.69) is 18.8 Å². The summed E-state index contributed by atoms with van der Waals surface area (Å²) in [6.07, 6.45) is -8.81. The van der Waals surface area contributed by atoms with Gasteiger partial charge in [0, 0.05) is 6.54 Å². The Kier molecular flexibility index (Phi) is 6.82. The topological polar surface area (TPSA) is 63.4 Å². The van der Waals surface area contributed by atoms with Gasteiger partial charge >= 0.3 is 12.4 Å². The molecule has 0 heterocycles. The molecule has 0 spiro atoms. The highest BCUT2D eigenvalue weighted by atomic mass is 32.2. The summed E-state index contributed by atoms with van der Waals surface area (Å²) in [6, 6.07) is 0.627. The Balaban J connectivity index is 3.43. The van der Waals surface area contributed by atoms with E-state index in [0.29, 0.717) is 4.31 Å². The third-order valence-corrected chi connectivity index (χ3v) is 5.00. The van der Waals surface area contributed by atoms with Crippen LogP contribution in [0, 0.1) is 0 Å². The molecule has 0 radical (unpaired) electrons. The Morgan fingerprint density at radius 3 is 2.19 bits per heavy atom. The van der Waals surface area contributed by atoms with Crippen molar-refractivity contribution in [2.75, 3.05) is 13.1 Å². The van der Waals surface area contributed by atoms with Gasteiger partial charge in [-0.3, -0.25) is 0 Å². The molecule has 0 amide bonds. The second kappa shape index (κ2) is 7.92. The molecule has 2 N–H and O–H groups in total. The fraction of sp³-hybridized carbons (Fsp3) is 0.357. The number of sulfonamides is 1. The number of hydrogen-bond donors (Lipinski definition) is 1. The second-order valence-electron chi connectivity index (χ2n) is 5.17. The van der Waals surface area contributed by atoms with Crippen LogP contribution < -0.4 is 5.73 Å². The van der Waals surface area contributed by atoms with Gasteiger partial charge in [0.05, 0.1) is 28.4 Å². The van der Waals surface area contributed by atoms with Gasteiger partial charge in [-0.05, 0) is 23.8 Å². The minimum atomic E-state index is -5.03. The summed E-state index contributed by atoms with van der Waals surface area (Å²) in [5, 5.41) is 0. The first kappa shape index (κ1) is 22.4. The van der Waals surface area contributed by atoms with Crippen LogP contribution in [-0.2, 0) is 28.1 Å². The molecule has 0 unspecified atom stereocenters. The van der Waals surface area contributed by atoms with Gasteiger partial charge in [-0.1, -0.05) is 18.3 Å². The van der Waals surface area contributed by atoms with E-state index in [1.165, 1.54) is 0 Å². The fourth-order valence-corrected chi connectivity index (χ4v) is 3.77. The SMILES string of the molecule is C=CCN(CC(N)=S)S(=O)(=O)Cc1cc(C(F)(F)F)ccc1C(F)(F)F. The molecule has 0 fully saturated rings. The highest BCUT2D eigenvalue weighted by Gasteiger charge is 2.38. The van der Waals surface area contributed by atoms with Crippen molar-refractivity contribution in [1.82, 2.24) is 4.31 Å². The molecule has 0 saturated heterocycles. The van der Waals surface area contributed by atoms with Crippen LogP contribution in [0.4, 0.5) is 26.3 Å². The number of hydrogen-bond acceptors (Lipinski definition) is 3. The lowest BCUT2D eigenvalue weighted by atomic mass is 10.0. The molecular weight excluding hydrogens is 406 g/mol. The predicted molar refractivity (Wildman–Crippen MR) is 87.6 cm³/mol. The van der Waals surface area contributed by atoms with Crippen molar-refractivity contribution in [3.63, 3.8) is 0 Å². The smallest absolute Gasteiger partial charge is 0.392 e. The Labute approximate surface area is 151 Å². The van der Waals surface area contributed by atoms with Gasteiger partial charge in [-0.25, -0.2) is 8.42 Å². The third kappa shape index (κ3) is 5.95. The number of halogens is 6. The van der Waals surface area contributed by atoms with E-state index in [9.17, 15) is 34.8 Å². The maximum Gasteiger partial charge on any atom is 0.416 e. The minimum absolute atomic E-state index is 0.174. The van der Waals surface area contributed by atoms with Gasteiger partial charge < -0.3 is 5.73 Å². The van der Waals surface area contributed by atoms with Crippen LogP contribution in [0.5, 0.6) is 0 Å². The lowest BCUT2D eigenvalue weighted by Crippen LogP contribution is -2.38. The molecule has 0 bridgehead atoms. The summed E-state index contributed by atoms with van der Waals surface area (Å²) in [4.78, 5) is -0.254. The van der Waals surface area contributed by atoms with Crippen LogP contribution in [0.3, 0.4) is 0 Å². The minimum Gasteiger partial charge on any atom is -0.392 e. The van der Waals surface area contributed by atoms with E-state index >= 15 is 0 Å². The summed E-state index contributed by atoms with van der Waals surface area (Å²) < 4.78 is 103. The highest BCUT2D eigenvalue weighted by molar-refractivity contribution is 7.88. The average molecular weight is 420 g/mol. The molecule has 146 valence electrons. The monoisotopic (exact) mass is 420 g/mol. The largest absolute Gasteiger partial charge is 0.416 e. The highest BCUT2D eigenvalue weighted by Crippen LogP contribution is 2.37. The van der Waals surface area contributed by atoms with Crippen molar-refractivity contribution < 1.29 is 34.8 Å². The van der Waals surface area contributed by atoms with E-state index < -0.39 is 51.4 Å².